The van der Waals surface area contributed by atoms with Crippen molar-refractivity contribution >= 4 is 10.9 Å². The summed E-state index contributed by atoms with van der Waals surface area (Å²) in [6.07, 6.45) is 0. The van der Waals surface area contributed by atoms with Crippen molar-refractivity contribution in [3.8, 4) is 5.75 Å². The van der Waals surface area contributed by atoms with Gasteiger partial charge in [-0.2, -0.15) is 0 Å². The van der Waals surface area contributed by atoms with Gasteiger partial charge in [-0.1, -0.05) is 24.3 Å². The molecule has 0 fully saturated rings. The Balaban J connectivity index is 1.87. The number of fused-ring (bicyclic) bond motifs is 1. The predicted molar refractivity (Wildman–Crippen MR) is 88.2 cm³/mol. The molecular formula is C18H17NO4. The third-order valence-electron chi connectivity index (χ3n) is 3.94. The van der Waals surface area contributed by atoms with E-state index in [1.807, 2.05) is 32.0 Å². The van der Waals surface area contributed by atoms with Gasteiger partial charge in [0.1, 0.15) is 12.4 Å². The molecule has 5 nitrogen and oxygen atoms in total. The van der Waals surface area contributed by atoms with E-state index in [2.05, 4.69) is 0 Å². The van der Waals surface area contributed by atoms with Gasteiger partial charge in [0.15, 0.2) is 0 Å². The monoisotopic (exact) mass is 311 g/mol. The third-order valence-corrected chi connectivity index (χ3v) is 3.94. The van der Waals surface area contributed by atoms with E-state index < -0.39 is 11.4 Å². The molecule has 2 aromatic carbocycles. The SMILES string of the molecule is Cc1cccc(OCCn2c(=O)oc(=O)c3ccccc32)c1C. The maximum atomic E-state index is 12.0. The Labute approximate surface area is 132 Å². The zero-order valence-corrected chi connectivity index (χ0v) is 13.0. The number of hydrogen-bond donors (Lipinski definition) is 0. The number of aryl methyl sites for hydroxylation is 1. The summed E-state index contributed by atoms with van der Waals surface area (Å²) in [6.45, 7) is 4.62. The van der Waals surface area contributed by atoms with Gasteiger partial charge in [-0.15, -0.1) is 0 Å². The van der Waals surface area contributed by atoms with E-state index in [1.165, 1.54) is 4.57 Å². The van der Waals surface area contributed by atoms with Crippen molar-refractivity contribution in [2.45, 2.75) is 20.4 Å². The molecule has 0 unspecified atom stereocenters. The molecule has 0 bridgehead atoms. The van der Waals surface area contributed by atoms with Crippen LogP contribution in [0.3, 0.4) is 0 Å². The topological polar surface area (TPSA) is 61.4 Å². The lowest BCUT2D eigenvalue weighted by molar-refractivity contribution is 0.285. The molecule has 0 aliphatic rings. The highest BCUT2D eigenvalue weighted by Gasteiger charge is 2.09. The summed E-state index contributed by atoms with van der Waals surface area (Å²) in [4.78, 5) is 23.7. The molecule has 1 aromatic heterocycles. The van der Waals surface area contributed by atoms with Gasteiger partial charge in [0.25, 0.3) is 0 Å². The summed E-state index contributed by atoms with van der Waals surface area (Å²) in [6, 6.07) is 12.7. The van der Waals surface area contributed by atoms with Crippen molar-refractivity contribution in [3.63, 3.8) is 0 Å². The average Bonchev–Trinajstić information content (AvgIpc) is 2.54. The summed E-state index contributed by atoms with van der Waals surface area (Å²) in [7, 11) is 0. The molecular weight excluding hydrogens is 294 g/mol. The number of aromatic nitrogens is 1. The van der Waals surface area contributed by atoms with Crippen LogP contribution in [0.1, 0.15) is 11.1 Å². The standard InChI is InChI=1S/C18H17NO4/c1-12-6-5-9-16(13(12)2)22-11-10-19-15-8-4-3-7-14(15)17(20)23-18(19)21/h3-9H,10-11H2,1-2H3. The number of ether oxygens (including phenoxy) is 1. The van der Waals surface area contributed by atoms with Gasteiger partial charge < -0.3 is 9.15 Å². The minimum atomic E-state index is -0.668. The summed E-state index contributed by atoms with van der Waals surface area (Å²) in [5.41, 5.74) is 2.16. The Morgan fingerprint density at radius 2 is 1.83 bits per heavy atom. The first-order chi connectivity index (χ1) is 11.1. The van der Waals surface area contributed by atoms with Crippen molar-refractivity contribution in [1.29, 1.82) is 0 Å². The Morgan fingerprint density at radius 3 is 2.65 bits per heavy atom. The highest BCUT2D eigenvalue weighted by Crippen LogP contribution is 2.20. The van der Waals surface area contributed by atoms with Crippen LogP contribution in [0, 0.1) is 13.8 Å². The molecule has 3 aromatic rings. The minimum absolute atomic E-state index is 0.302. The first-order valence-corrected chi connectivity index (χ1v) is 7.39. The molecule has 1 heterocycles. The Bertz CT molecular complexity index is 969. The van der Waals surface area contributed by atoms with Crippen LogP contribution in [0.4, 0.5) is 0 Å². The zero-order chi connectivity index (χ0) is 16.4. The summed E-state index contributed by atoms with van der Waals surface area (Å²) in [5, 5.41) is 0.388. The molecule has 5 heteroatoms. The quantitative estimate of drug-likeness (QED) is 0.743. The lowest BCUT2D eigenvalue weighted by atomic mass is 10.1. The molecule has 0 radical (unpaired) electrons. The number of nitrogens with zero attached hydrogens (tertiary/aromatic N) is 1. The lowest BCUT2D eigenvalue weighted by Gasteiger charge is -2.12. The molecule has 0 aliphatic heterocycles. The van der Waals surface area contributed by atoms with Gasteiger partial charge in [-0.25, -0.2) is 9.59 Å². The molecule has 0 N–H and O–H groups in total. The van der Waals surface area contributed by atoms with E-state index in [0.717, 1.165) is 16.9 Å². The van der Waals surface area contributed by atoms with Gasteiger partial charge >= 0.3 is 11.4 Å². The van der Waals surface area contributed by atoms with Crippen molar-refractivity contribution in [2.75, 3.05) is 6.61 Å². The number of hydrogen-bond acceptors (Lipinski definition) is 4. The summed E-state index contributed by atoms with van der Waals surface area (Å²) >= 11 is 0. The largest absolute Gasteiger partial charge is 0.491 e. The van der Waals surface area contributed by atoms with E-state index in [4.69, 9.17) is 9.15 Å². The molecule has 23 heavy (non-hydrogen) atoms. The molecule has 0 amide bonds. The average molecular weight is 311 g/mol. The highest BCUT2D eigenvalue weighted by atomic mass is 16.5. The van der Waals surface area contributed by atoms with Crippen molar-refractivity contribution in [2.24, 2.45) is 0 Å². The summed E-state index contributed by atoms with van der Waals surface area (Å²) in [5.74, 6) is 0.123. The fraction of sp³-hybridized carbons (Fsp3) is 0.222. The third kappa shape index (κ3) is 2.90. The van der Waals surface area contributed by atoms with Crippen LogP contribution in [-0.4, -0.2) is 11.2 Å². The molecule has 0 saturated carbocycles. The summed E-state index contributed by atoms with van der Waals surface area (Å²) < 4.78 is 12.0. The normalized spacial score (nSPS) is 10.9. The van der Waals surface area contributed by atoms with Crippen LogP contribution in [0.2, 0.25) is 0 Å². The molecule has 0 aliphatic carbocycles. The van der Waals surface area contributed by atoms with E-state index in [1.54, 1.807) is 24.3 Å². The van der Waals surface area contributed by atoms with Crippen LogP contribution >= 0.6 is 0 Å². The highest BCUT2D eigenvalue weighted by molar-refractivity contribution is 5.77. The van der Waals surface area contributed by atoms with Crippen LogP contribution in [0.5, 0.6) is 5.75 Å². The maximum absolute atomic E-state index is 12.0. The fourth-order valence-corrected chi connectivity index (χ4v) is 2.51. The second kappa shape index (κ2) is 6.12. The molecule has 0 atom stereocenters. The van der Waals surface area contributed by atoms with Crippen LogP contribution < -0.4 is 16.1 Å². The van der Waals surface area contributed by atoms with Crippen molar-refractivity contribution in [3.05, 3.63) is 74.6 Å². The number of rotatable bonds is 4. The van der Waals surface area contributed by atoms with Gasteiger partial charge in [0.05, 0.1) is 17.4 Å². The Morgan fingerprint density at radius 1 is 1.04 bits per heavy atom. The first kappa shape index (κ1) is 15.1. The molecule has 118 valence electrons. The van der Waals surface area contributed by atoms with E-state index in [0.29, 0.717) is 24.1 Å². The Hall–Kier alpha value is -2.82. The van der Waals surface area contributed by atoms with Gasteiger partial charge in [-0.3, -0.25) is 4.57 Å². The van der Waals surface area contributed by atoms with Gasteiger partial charge in [-0.05, 0) is 43.2 Å². The van der Waals surface area contributed by atoms with Crippen LogP contribution in [0.25, 0.3) is 10.9 Å². The second-order valence-electron chi connectivity index (χ2n) is 5.37. The predicted octanol–water partition coefficient (Wildman–Crippen LogP) is 2.65. The van der Waals surface area contributed by atoms with E-state index >= 15 is 0 Å². The van der Waals surface area contributed by atoms with Crippen LogP contribution in [-0.2, 0) is 6.54 Å². The van der Waals surface area contributed by atoms with E-state index in [-0.39, 0.29) is 0 Å². The maximum Gasteiger partial charge on any atom is 0.422 e. The number of benzene rings is 2. The van der Waals surface area contributed by atoms with Gasteiger partial charge in [0, 0.05) is 0 Å². The minimum Gasteiger partial charge on any atom is -0.491 e. The fourth-order valence-electron chi connectivity index (χ4n) is 2.51. The molecule has 0 saturated heterocycles. The Kier molecular flexibility index (Phi) is 4.02. The van der Waals surface area contributed by atoms with Crippen LogP contribution in [0.15, 0.2) is 56.5 Å². The second-order valence-corrected chi connectivity index (χ2v) is 5.37. The van der Waals surface area contributed by atoms with Gasteiger partial charge in [0.2, 0.25) is 0 Å². The zero-order valence-electron chi connectivity index (χ0n) is 13.0. The van der Waals surface area contributed by atoms with E-state index in [9.17, 15) is 9.59 Å². The molecule has 0 spiro atoms. The van der Waals surface area contributed by atoms with Crippen molar-refractivity contribution < 1.29 is 9.15 Å². The van der Waals surface area contributed by atoms with Crippen molar-refractivity contribution in [1.82, 2.24) is 4.57 Å². The lowest BCUT2D eigenvalue weighted by Crippen LogP contribution is -2.27. The smallest absolute Gasteiger partial charge is 0.422 e. The molecule has 3 rings (SSSR count). The number of para-hydroxylation sites is 1. The first-order valence-electron chi connectivity index (χ1n) is 7.39.